The third kappa shape index (κ3) is 2.87. The van der Waals surface area contributed by atoms with Crippen molar-refractivity contribution in [1.29, 1.82) is 0 Å². The van der Waals surface area contributed by atoms with E-state index < -0.39 is 0 Å². The summed E-state index contributed by atoms with van der Waals surface area (Å²) in [7, 11) is 0. The number of morpholine rings is 1. The first-order chi connectivity index (χ1) is 9.86. The number of nitrogens with one attached hydrogen (secondary N) is 1. The molecule has 1 amide bonds. The van der Waals surface area contributed by atoms with Gasteiger partial charge in [0, 0.05) is 39.3 Å². The largest absolute Gasteiger partial charge is 0.467 e. The standard InChI is InChI=1S/C14H21N3O3/c18-14(17-5-3-15-4-6-17)13(12-2-1-9-20-12)16-7-10-19-11-8-16/h1-2,9,13,15H,3-8,10-11H2. The van der Waals surface area contributed by atoms with Gasteiger partial charge in [-0.05, 0) is 12.1 Å². The first-order valence-electron chi connectivity index (χ1n) is 7.21. The Hall–Kier alpha value is -1.37. The zero-order valence-corrected chi connectivity index (χ0v) is 11.6. The topological polar surface area (TPSA) is 58.0 Å². The molecule has 1 N–H and O–H groups in total. The molecule has 6 nitrogen and oxygen atoms in total. The molecule has 0 saturated carbocycles. The average Bonchev–Trinajstić information content (AvgIpc) is 3.03. The van der Waals surface area contributed by atoms with E-state index in [4.69, 9.17) is 9.15 Å². The van der Waals surface area contributed by atoms with Crippen LogP contribution >= 0.6 is 0 Å². The number of piperazine rings is 1. The molecule has 2 fully saturated rings. The summed E-state index contributed by atoms with van der Waals surface area (Å²) < 4.78 is 10.9. The maximum atomic E-state index is 12.9. The van der Waals surface area contributed by atoms with Crippen molar-refractivity contribution in [2.24, 2.45) is 0 Å². The van der Waals surface area contributed by atoms with Crippen molar-refractivity contribution < 1.29 is 13.9 Å². The molecule has 3 rings (SSSR count). The molecule has 20 heavy (non-hydrogen) atoms. The predicted molar refractivity (Wildman–Crippen MR) is 73.3 cm³/mol. The van der Waals surface area contributed by atoms with Gasteiger partial charge in [0.2, 0.25) is 5.91 Å². The van der Waals surface area contributed by atoms with Gasteiger partial charge in [-0.1, -0.05) is 0 Å². The number of hydrogen-bond acceptors (Lipinski definition) is 5. The number of rotatable bonds is 3. The van der Waals surface area contributed by atoms with Crippen LogP contribution < -0.4 is 5.32 Å². The summed E-state index contributed by atoms with van der Waals surface area (Å²) in [5, 5.41) is 3.27. The van der Waals surface area contributed by atoms with E-state index >= 15 is 0 Å². The maximum absolute atomic E-state index is 12.9. The molecule has 0 aromatic carbocycles. The van der Waals surface area contributed by atoms with E-state index in [1.807, 2.05) is 17.0 Å². The lowest BCUT2D eigenvalue weighted by Crippen LogP contribution is -2.52. The summed E-state index contributed by atoms with van der Waals surface area (Å²) in [6.07, 6.45) is 1.63. The molecule has 1 unspecified atom stereocenters. The molecule has 0 radical (unpaired) electrons. The van der Waals surface area contributed by atoms with Crippen molar-refractivity contribution in [2.45, 2.75) is 6.04 Å². The first-order valence-corrected chi connectivity index (χ1v) is 7.21. The van der Waals surface area contributed by atoms with E-state index in [0.29, 0.717) is 13.2 Å². The Labute approximate surface area is 118 Å². The van der Waals surface area contributed by atoms with E-state index in [2.05, 4.69) is 10.2 Å². The first kappa shape index (κ1) is 13.6. The smallest absolute Gasteiger partial charge is 0.247 e. The highest BCUT2D eigenvalue weighted by atomic mass is 16.5. The third-order valence-electron chi connectivity index (χ3n) is 3.89. The van der Waals surface area contributed by atoms with Gasteiger partial charge < -0.3 is 19.4 Å². The summed E-state index contributed by atoms with van der Waals surface area (Å²) in [6.45, 7) is 6.13. The second-order valence-electron chi connectivity index (χ2n) is 5.14. The fraction of sp³-hybridized carbons (Fsp3) is 0.643. The van der Waals surface area contributed by atoms with Crippen molar-refractivity contribution in [3.05, 3.63) is 24.2 Å². The molecular weight excluding hydrogens is 258 g/mol. The van der Waals surface area contributed by atoms with Gasteiger partial charge in [-0.15, -0.1) is 0 Å². The molecule has 0 spiro atoms. The quantitative estimate of drug-likeness (QED) is 0.849. The molecule has 3 heterocycles. The zero-order valence-electron chi connectivity index (χ0n) is 11.6. The summed E-state index contributed by atoms with van der Waals surface area (Å²) in [5.41, 5.74) is 0. The van der Waals surface area contributed by atoms with Gasteiger partial charge in [0.15, 0.2) is 0 Å². The van der Waals surface area contributed by atoms with Gasteiger partial charge in [-0.3, -0.25) is 9.69 Å². The highest BCUT2D eigenvalue weighted by Crippen LogP contribution is 2.25. The second-order valence-corrected chi connectivity index (χ2v) is 5.14. The van der Waals surface area contributed by atoms with Gasteiger partial charge >= 0.3 is 0 Å². The van der Waals surface area contributed by atoms with Crippen molar-refractivity contribution in [3.63, 3.8) is 0 Å². The minimum Gasteiger partial charge on any atom is -0.467 e. The van der Waals surface area contributed by atoms with Gasteiger partial charge in [0.25, 0.3) is 0 Å². The van der Waals surface area contributed by atoms with Gasteiger partial charge in [0.1, 0.15) is 11.8 Å². The molecule has 0 bridgehead atoms. The van der Waals surface area contributed by atoms with Crippen molar-refractivity contribution >= 4 is 5.91 Å². The van der Waals surface area contributed by atoms with E-state index in [9.17, 15) is 4.79 Å². The lowest BCUT2D eigenvalue weighted by atomic mass is 10.1. The Morgan fingerprint density at radius 2 is 1.95 bits per heavy atom. The molecular formula is C14H21N3O3. The number of amides is 1. The molecule has 1 aromatic rings. The van der Waals surface area contributed by atoms with E-state index in [0.717, 1.165) is 45.0 Å². The van der Waals surface area contributed by atoms with Crippen LogP contribution in [0.15, 0.2) is 22.8 Å². The summed E-state index contributed by atoms with van der Waals surface area (Å²) in [4.78, 5) is 16.9. The molecule has 1 aromatic heterocycles. The van der Waals surface area contributed by atoms with Crippen LogP contribution in [0.4, 0.5) is 0 Å². The highest BCUT2D eigenvalue weighted by molar-refractivity contribution is 5.82. The number of hydrogen-bond donors (Lipinski definition) is 1. The van der Waals surface area contributed by atoms with Crippen molar-refractivity contribution in [3.8, 4) is 0 Å². The van der Waals surface area contributed by atoms with Gasteiger partial charge in [-0.2, -0.15) is 0 Å². The molecule has 1 atom stereocenters. The van der Waals surface area contributed by atoms with E-state index in [1.54, 1.807) is 6.26 Å². The lowest BCUT2D eigenvalue weighted by Gasteiger charge is -2.36. The SMILES string of the molecule is O=C(C(c1ccco1)N1CCOCC1)N1CCNCC1. The van der Waals surface area contributed by atoms with Crippen LogP contribution in [0.3, 0.4) is 0 Å². The van der Waals surface area contributed by atoms with Crippen LogP contribution in [-0.2, 0) is 9.53 Å². The number of ether oxygens (including phenoxy) is 1. The second kappa shape index (κ2) is 6.39. The van der Waals surface area contributed by atoms with Gasteiger partial charge in [-0.25, -0.2) is 0 Å². The predicted octanol–water partition coefficient (Wildman–Crippen LogP) is 0.0847. The number of carbonyl (C=O) groups excluding carboxylic acids is 1. The molecule has 0 aliphatic carbocycles. The number of nitrogens with zero attached hydrogens (tertiary/aromatic N) is 2. The Balaban J connectivity index is 1.78. The maximum Gasteiger partial charge on any atom is 0.247 e. The Bertz CT molecular complexity index is 423. The van der Waals surface area contributed by atoms with Gasteiger partial charge in [0.05, 0.1) is 19.5 Å². The molecule has 2 aliphatic rings. The molecule has 6 heteroatoms. The Morgan fingerprint density at radius 1 is 1.20 bits per heavy atom. The minimum absolute atomic E-state index is 0.142. The average molecular weight is 279 g/mol. The molecule has 2 saturated heterocycles. The lowest BCUT2D eigenvalue weighted by molar-refractivity contribution is -0.140. The zero-order chi connectivity index (χ0) is 13.8. The number of carbonyl (C=O) groups is 1. The van der Waals surface area contributed by atoms with Crippen LogP contribution in [0.1, 0.15) is 11.8 Å². The van der Waals surface area contributed by atoms with Crippen molar-refractivity contribution in [2.75, 3.05) is 52.5 Å². The van der Waals surface area contributed by atoms with E-state index in [1.165, 1.54) is 0 Å². The monoisotopic (exact) mass is 279 g/mol. The van der Waals surface area contributed by atoms with Crippen LogP contribution in [0.5, 0.6) is 0 Å². The highest BCUT2D eigenvalue weighted by Gasteiger charge is 2.34. The summed E-state index contributed by atoms with van der Waals surface area (Å²) in [5.74, 6) is 0.874. The normalized spacial score (nSPS) is 22.7. The van der Waals surface area contributed by atoms with Crippen molar-refractivity contribution in [1.82, 2.24) is 15.1 Å². The number of furan rings is 1. The third-order valence-corrected chi connectivity index (χ3v) is 3.89. The van der Waals surface area contributed by atoms with Crippen LogP contribution in [-0.4, -0.2) is 68.2 Å². The Morgan fingerprint density at radius 3 is 2.60 bits per heavy atom. The van der Waals surface area contributed by atoms with Crippen LogP contribution in [0.25, 0.3) is 0 Å². The Kier molecular flexibility index (Phi) is 4.34. The van der Waals surface area contributed by atoms with E-state index in [-0.39, 0.29) is 11.9 Å². The van der Waals surface area contributed by atoms with Crippen LogP contribution in [0.2, 0.25) is 0 Å². The fourth-order valence-corrected chi connectivity index (χ4v) is 2.80. The molecule has 110 valence electrons. The summed E-state index contributed by atoms with van der Waals surface area (Å²) >= 11 is 0. The van der Waals surface area contributed by atoms with Crippen LogP contribution in [0, 0.1) is 0 Å². The summed E-state index contributed by atoms with van der Waals surface area (Å²) in [6, 6.07) is 3.42. The fourth-order valence-electron chi connectivity index (χ4n) is 2.80. The molecule has 2 aliphatic heterocycles. The minimum atomic E-state index is -0.313.